The number of nitrogens with two attached hydrogens (primary N) is 1. The molecule has 0 fully saturated rings. The first-order valence-electron chi connectivity index (χ1n) is 3.72. The Kier molecular flexibility index (Phi) is 3.73. The van der Waals surface area contributed by atoms with E-state index in [2.05, 4.69) is 9.88 Å². The number of pyridine rings is 1. The number of H-pyrrole nitrogens is 1. The summed E-state index contributed by atoms with van der Waals surface area (Å²) < 4.78 is 61.3. The highest BCUT2D eigenvalue weighted by Gasteiger charge is 2.35. The number of nitrogens with one attached hydrogen (secondary N) is 1. The summed E-state index contributed by atoms with van der Waals surface area (Å²) in [5.74, 6) is -1.40. The molecule has 0 unspecified atom stereocenters. The van der Waals surface area contributed by atoms with Gasteiger partial charge < -0.3 is 9.72 Å². The van der Waals surface area contributed by atoms with Crippen LogP contribution in [0.15, 0.2) is 15.8 Å². The van der Waals surface area contributed by atoms with Crippen LogP contribution in [0.1, 0.15) is 0 Å². The van der Waals surface area contributed by atoms with Crippen molar-refractivity contribution in [3.8, 4) is 5.75 Å². The molecular formula is C6H4F3IN2O4S. The van der Waals surface area contributed by atoms with E-state index in [1.807, 2.05) is 4.98 Å². The van der Waals surface area contributed by atoms with Crippen molar-refractivity contribution < 1.29 is 26.3 Å². The van der Waals surface area contributed by atoms with Crippen molar-refractivity contribution in [2.24, 2.45) is 5.14 Å². The maximum absolute atomic E-state index is 12.0. The second kappa shape index (κ2) is 4.45. The number of aromatic amines is 1. The number of ether oxygens (including phenoxy) is 1. The molecule has 6 nitrogen and oxygen atoms in total. The van der Waals surface area contributed by atoms with Crippen LogP contribution in [0.2, 0.25) is 0 Å². The number of halogens is 4. The normalized spacial score (nSPS) is 12.5. The average molecular weight is 384 g/mol. The van der Waals surface area contributed by atoms with Crippen molar-refractivity contribution in [2.45, 2.75) is 11.3 Å². The highest BCUT2D eigenvalue weighted by Crippen LogP contribution is 2.25. The maximum Gasteiger partial charge on any atom is 0.573 e. The molecule has 11 heteroatoms. The molecule has 0 spiro atoms. The van der Waals surface area contributed by atoms with Gasteiger partial charge in [0, 0.05) is 0 Å². The summed E-state index contributed by atoms with van der Waals surface area (Å²) in [4.78, 5) is 12.1. The molecule has 0 aliphatic carbocycles. The van der Waals surface area contributed by atoms with Gasteiger partial charge in [-0.15, -0.1) is 13.2 Å². The SMILES string of the molecule is NS(=O)(=O)c1cc(I)[nH]c(=O)c1OC(F)(F)F. The highest BCUT2D eigenvalue weighted by atomic mass is 127. The van der Waals surface area contributed by atoms with Crippen LogP contribution in [0.3, 0.4) is 0 Å². The van der Waals surface area contributed by atoms with Gasteiger partial charge in [0.1, 0.15) is 4.90 Å². The molecule has 1 rings (SSSR count). The molecule has 1 aromatic heterocycles. The Morgan fingerprint density at radius 1 is 1.41 bits per heavy atom. The summed E-state index contributed by atoms with van der Waals surface area (Å²) >= 11 is 1.51. The zero-order valence-corrected chi connectivity index (χ0v) is 10.7. The van der Waals surface area contributed by atoms with Crippen molar-refractivity contribution in [1.29, 1.82) is 0 Å². The summed E-state index contributed by atoms with van der Waals surface area (Å²) in [5, 5.41) is 4.68. The summed E-state index contributed by atoms with van der Waals surface area (Å²) in [7, 11) is -4.50. The molecule has 0 saturated carbocycles. The van der Waals surface area contributed by atoms with Gasteiger partial charge in [0.05, 0.1) is 3.70 Å². The van der Waals surface area contributed by atoms with E-state index in [9.17, 15) is 26.4 Å². The van der Waals surface area contributed by atoms with Crippen molar-refractivity contribution >= 4 is 32.6 Å². The molecule has 0 saturated heterocycles. The molecule has 96 valence electrons. The predicted molar refractivity (Wildman–Crippen MR) is 57.8 cm³/mol. The van der Waals surface area contributed by atoms with Gasteiger partial charge in [0.15, 0.2) is 0 Å². The molecule has 1 aromatic rings. The van der Waals surface area contributed by atoms with E-state index in [0.29, 0.717) is 0 Å². The lowest BCUT2D eigenvalue weighted by Gasteiger charge is -2.11. The molecule has 17 heavy (non-hydrogen) atoms. The van der Waals surface area contributed by atoms with Crippen LogP contribution >= 0.6 is 22.6 Å². The van der Waals surface area contributed by atoms with Gasteiger partial charge >= 0.3 is 6.36 Å². The van der Waals surface area contributed by atoms with Gasteiger partial charge in [0.2, 0.25) is 15.8 Å². The standard InChI is InChI=1S/C6H4F3IN2O4S/c7-6(8,9)16-4-2(17(11,14)15)1-3(10)12-5(4)13/h1H,(H,12,13)(H2,11,14,15). The van der Waals surface area contributed by atoms with Crippen molar-refractivity contribution in [3.05, 3.63) is 20.1 Å². The predicted octanol–water partition coefficient (Wildman–Crippen LogP) is 0.526. The van der Waals surface area contributed by atoms with Crippen LogP contribution in [0.4, 0.5) is 13.2 Å². The summed E-state index contributed by atoms with van der Waals surface area (Å²) in [6, 6.07) is 0.762. The Morgan fingerprint density at radius 3 is 2.35 bits per heavy atom. The topological polar surface area (TPSA) is 102 Å². The molecule has 0 radical (unpaired) electrons. The van der Waals surface area contributed by atoms with Gasteiger partial charge in [0.25, 0.3) is 5.56 Å². The van der Waals surface area contributed by atoms with Gasteiger partial charge in [-0.3, -0.25) is 4.79 Å². The van der Waals surface area contributed by atoms with E-state index >= 15 is 0 Å². The zero-order chi connectivity index (χ0) is 13.4. The number of hydrogen-bond acceptors (Lipinski definition) is 4. The van der Waals surface area contributed by atoms with Crippen LogP contribution < -0.4 is 15.4 Å². The van der Waals surface area contributed by atoms with Gasteiger partial charge in [-0.05, 0) is 28.7 Å². The summed E-state index contributed by atoms with van der Waals surface area (Å²) in [5.41, 5.74) is -1.33. The van der Waals surface area contributed by atoms with Crippen LogP contribution in [0.5, 0.6) is 5.75 Å². The fraction of sp³-hybridized carbons (Fsp3) is 0.167. The number of rotatable bonds is 2. The number of sulfonamides is 1. The lowest BCUT2D eigenvalue weighted by atomic mass is 10.4. The van der Waals surface area contributed by atoms with Crippen molar-refractivity contribution in [1.82, 2.24) is 4.98 Å². The molecule has 0 aliphatic heterocycles. The minimum Gasteiger partial charge on any atom is -0.398 e. The van der Waals surface area contributed by atoms with Crippen LogP contribution in [0.25, 0.3) is 0 Å². The monoisotopic (exact) mass is 384 g/mol. The lowest BCUT2D eigenvalue weighted by Crippen LogP contribution is -2.27. The first kappa shape index (κ1) is 14.2. The molecule has 0 aromatic carbocycles. The Labute approximate surface area is 106 Å². The fourth-order valence-corrected chi connectivity index (χ4v) is 2.36. The summed E-state index contributed by atoms with van der Waals surface area (Å²) in [6.07, 6.45) is -5.20. The smallest absolute Gasteiger partial charge is 0.398 e. The van der Waals surface area contributed by atoms with Crippen LogP contribution in [-0.4, -0.2) is 19.8 Å². The maximum atomic E-state index is 12.0. The second-order valence-electron chi connectivity index (χ2n) is 2.73. The van der Waals surface area contributed by atoms with E-state index in [4.69, 9.17) is 0 Å². The largest absolute Gasteiger partial charge is 0.573 e. The molecule has 1 heterocycles. The van der Waals surface area contributed by atoms with E-state index in [1.165, 1.54) is 22.6 Å². The second-order valence-corrected chi connectivity index (χ2v) is 5.42. The zero-order valence-electron chi connectivity index (χ0n) is 7.71. The third kappa shape index (κ3) is 3.85. The lowest BCUT2D eigenvalue weighted by molar-refractivity contribution is -0.276. The third-order valence-corrected chi connectivity index (χ3v) is 2.94. The van der Waals surface area contributed by atoms with E-state index in [0.717, 1.165) is 6.07 Å². The van der Waals surface area contributed by atoms with Gasteiger partial charge in [-0.2, -0.15) is 0 Å². The number of alkyl halides is 3. The molecule has 0 bridgehead atoms. The minimum absolute atomic E-state index is 0.00569. The molecule has 3 N–H and O–H groups in total. The number of primary sulfonamides is 1. The molecule has 0 amide bonds. The molecule has 0 aliphatic rings. The van der Waals surface area contributed by atoms with Crippen LogP contribution in [-0.2, 0) is 10.0 Å². The molecular weight excluding hydrogens is 380 g/mol. The van der Waals surface area contributed by atoms with Crippen molar-refractivity contribution in [2.75, 3.05) is 0 Å². The van der Waals surface area contributed by atoms with Crippen molar-refractivity contribution in [3.63, 3.8) is 0 Å². The first-order chi connectivity index (χ1) is 7.50. The van der Waals surface area contributed by atoms with E-state index in [-0.39, 0.29) is 3.70 Å². The minimum atomic E-state index is -5.20. The van der Waals surface area contributed by atoms with Crippen LogP contribution in [0, 0.1) is 3.70 Å². The fourth-order valence-electron chi connectivity index (χ4n) is 0.918. The molecule has 0 atom stereocenters. The number of aromatic nitrogens is 1. The Morgan fingerprint density at radius 2 is 1.94 bits per heavy atom. The Balaban J connectivity index is 3.53. The number of hydrogen-bond donors (Lipinski definition) is 2. The van der Waals surface area contributed by atoms with Gasteiger partial charge in [-0.1, -0.05) is 0 Å². The van der Waals surface area contributed by atoms with Gasteiger partial charge in [-0.25, -0.2) is 13.6 Å². The first-order valence-corrected chi connectivity index (χ1v) is 6.34. The third-order valence-electron chi connectivity index (χ3n) is 1.45. The highest BCUT2D eigenvalue weighted by molar-refractivity contribution is 14.1. The van der Waals surface area contributed by atoms with E-state index < -0.39 is 32.6 Å². The Hall–Kier alpha value is -0.820. The van der Waals surface area contributed by atoms with E-state index in [1.54, 1.807) is 0 Å². The summed E-state index contributed by atoms with van der Waals surface area (Å²) in [6.45, 7) is 0. The quantitative estimate of drug-likeness (QED) is 0.574. The Bertz CT molecular complexity index is 594. The average Bonchev–Trinajstić information content (AvgIpc) is 2.05.